The summed E-state index contributed by atoms with van der Waals surface area (Å²) in [6.45, 7) is 9.78. The van der Waals surface area contributed by atoms with Gasteiger partial charge in [0.15, 0.2) is 0 Å². The monoisotopic (exact) mass is 277 g/mol. The lowest BCUT2D eigenvalue weighted by Crippen LogP contribution is -2.11. The predicted molar refractivity (Wildman–Crippen MR) is 79.5 cm³/mol. The molecule has 0 heterocycles. The summed E-state index contributed by atoms with van der Waals surface area (Å²) in [5.41, 5.74) is 1.46. The quantitative estimate of drug-likeness (QED) is 0.865. The van der Waals surface area contributed by atoms with Crippen LogP contribution in [-0.2, 0) is 0 Å². The van der Waals surface area contributed by atoms with Gasteiger partial charge in [-0.25, -0.2) is 4.79 Å². The summed E-state index contributed by atoms with van der Waals surface area (Å²) in [5.74, 6) is 0.263. The molecule has 1 aromatic rings. The highest BCUT2D eigenvalue weighted by Gasteiger charge is 2.64. The molecule has 0 atom stereocenters. The zero-order valence-corrected chi connectivity index (χ0v) is 12.8. The van der Waals surface area contributed by atoms with Crippen LogP contribution in [0.4, 0.5) is 5.69 Å². The van der Waals surface area contributed by atoms with Crippen LogP contribution in [0.5, 0.6) is 5.75 Å². The summed E-state index contributed by atoms with van der Waals surface area (Å²) in [6, 6.07) is 4.98. The van der Waals surface area contributed by atoms with Crippen LogP contribution in [0.2, 0.25) is 0 Å². The maximum absolute atomic E-state index is 11.3. The van der Waals surface area contributed by atoms with E-state index in [0.717, 1.165) is 6.54 Å². The first kappa shape index (κ1) is 14.7. The van der Waals surface area contributed by atoms with Crippen LogP contribution in [0.15, 0.2) is 18.2 Å². The van der Waals surface area contributed by atoms with Crippen molar-refractivity contribution in [2.45, 2.75) is 27.7 Å². The van der Waals surface area contributed by atoms with Gasteiger partial charge in [0.1, 0.15) is 5.75 Å². The van der Waals surface area contributed by atoms with E-state index in [9.17, 15) is 9.90 Å². The number of carboxylic acid groups (broad SMARTS) is 1. The number of hydrogen-bond donors (Lipinski definition) is 2. The Morgan fingerprint density at radius 1 is 1.30 bits per heavy atom. The van der Waals surface area contributed by atoms with E-state index >= 15 is 0 Å². The summed E-state index contributed by atoms with van der Waals surface area (Å²) in [5, 5.41) is 12.5. The Labute approximate surface area is 120 Å². The topological polar surface area (TPSA) is 58.6 Å². The van der Waals surface area contributed by atoms with Crippen LogP contribution in [0, 0.1) is 16.7 Å². The Morgan fingerprint density at radius 3 is 2.35 bits per heavy atom. The highest BCUT2D eigenvalue weighted by Crippen LogP contribution is 2.68. The van der Waals surface area contributed by atoms with Crippen LogP contribution in [0.3, 0.4) is 0 Å². The first-order valence-electron chi connectivity index (χ1n) is 6.87. The second-order valence-electron chi connectivity index (χ2n) is 6.59. The van der Waals surface area contributed by atoms with Gasteiger partial charge in [0, 0.05) is 12.6 Å². The lowest BCUT2D eigenvalue weighted by atomic mass is 10.0. The second-order valence-corrected chi connectivity index (χ2v) is 6.59. The van der Waals surface area contributed by atoms with E-state index in [-0.39, 0.29) is 16.4 Å². The number of aromatic carboxylic acids is 1. The fraction of sp³-hybridized carbons (Fsp3) is 0.562. The van der Waals surface area contributed by atoms with Crippen molar-refractivity contribution in [3.63, 3.8) is 0 Å². The largest absolute Gasteiger partial charge is 0.497 e. The number of rotatable bonds is 5. The zero-order chi connectivity index (χ0) is 15.1. The first-order valence-corrected chi connectivity index (χ1v) is 6.87. The minimum absolute atomic E-state index is 0.280. The second kappa shape index (κ2) is 4.69. The Kier molecular flexibility index (Phi) is 3.44. The van der Waals surface area contributed by atoms with E-state index in [1.807, 2.05) is 0 Å². The van der Waals surface area contributed by atoms with Crippen molar-refractivity contribution in [3.05, 3.63) is 23.8 Å². The molecule has 0 bridgehead atoms. The number of hydrogen-bond acceptors (Lipinski definition) is 3. The van der Waals surface area contributed by atoms with Crippen molar-refractivity contribution in [2.75, 3.05) is 19.0 Å². The number of anilines is 1. The summed E-state index contributed by atoms with van der Waals surface area (Å²) >= 11 is 0. The Morgan fingerprint density at radius 2 is 1.90 bits per heavy atom. The lowest BCUT2D eigenvalue weighted by Gasteiger charge is -2.12. The third-order valence-electron chi connectivity index (χ3n) is 5.27. The molecule has 20 heavy (non-hydrogen) atoms. The molecule has 0 unspecified atom stereocenters. The number of carbonyl (C=O) groups is 1. The molecule has 110 valence electrons. The average molecular weight is 277 g/mol. The highest BCUT2D eigenvalue weighted by molar-refractivity contribution is 5.94. The van der Waals surface area contributed by atoms with E-state index in [0.29, 0.717) is 17.4 Å². The molecule has 1 aliphatic rings. The third-order valence-corrected chi connectivity index (χ3v) is 5.27. The minimum atomic E-state index is -0.926. The molecule has 1 aromatic carbocycles. The summed E-state index contributed by atoms with van der Waals surface area (Å²) in [4.78, 5) is 11.3. The standard InChI is InChI=1S/C16H23NO3/c1-15(2)13(16(15,3)4)9-17-12-8-10(20-5)6-7-11(12)14(18)19/h6-8,13,17H,9H2,1-5H3,(H,18,19). The van der Waals surface area contributed by atoms with Gasteiger partial charge in [-0.3, -0.25) is 0 Å². The molecule has 0 radical (unpaired) electrons. The smallest absolute Gasteiger partial charge is 0.337 e. The molecule has 1 aliphatic carbocycles. The van der Waals surface area contributed by atoms with Crippen molar-refractivity contribution in [1.29, 1.82) is 0 Å². The molecule has 0 amide bonds. The Bertz CT molecular complexity index is 521. The van der Waals surface area contributed by atoms with Gasteiger partial charge in [0.25, 0.3) is 0 Å². The number of methoxy groups -OCH3 is 1. The molecule has 2 N–H and O–H groups in total. The first-order chi connectivity index (χ1) is 9.21. The van der Waals surface area contributed by atoms with Crippen molar-refractivity contribution >= 4 is 11.7 Å². The van der Waals surface area contributed by atoms with Crippen molar-refractivity contribution < 1.29 is 14.6 Å². The summed E-state index contributed by atoms with van der Waals surface area (Å²) in [6.07, 6.45) is 0. The molecule has 4 nitrogen and oxygen atoms in total. The van der Waals surface area contributed by atoms with Crippen molar-refractivity contribution in [1.82, 2.24) is 0 Å². The van der Waals surface area contributed by atoms with Gasteiger partial charge in [-0.1, -0.05) is 27.7 Å². The van der Waals surface area contributed by atoms with E-state index < -0.39 is 5.97 Å². The van der Waals surface area contributed by atoms with Crippen molar-refractivity contribution in [3.8, 4) is 5.75 Å². The number of carboxylic acids is 1. The van der Waals surface area contributed by atoms with E-state index in [4.69, 9.17) is 4.74 Å². The van der Waals surface area contributed by atoms with Crippen LogP contribution in [0.25, 0.3) is 0 Å². The number of nitrogens with one attached hydrogen (secondary N) is 1. The maximum atomic E-state index is 11.3. The normalized spacial score (nSPS) is 19.4. The summed E-state index contributed by atoms with van der Waals surface area (Å²) < 4.78 is 5.16. The van der Waals surface area contributed by atoms with Crippen molar-refractivity contribution in [2.24, 2.45) is 16.7 Å². The van der Waals surface area contributed by atoms with Gasteiger partial charge in [-0.2, -0.15) is 0 Å². The minimum Gasteiger partial charge on any atom is -0.497 e. The predicted octanol–water partition coefficient (Wildman–Crippen LogP) is 3.49. The average Bonchev–Trinajstić information content (AvgIpc) is 2.76. The van der Waals surface area contributed by atoms with Crippen LogP contribution >= 0.6 is 0 Å². The molecule has 0 aliphatic heterocycles. The SMILES string of the molecule is COc1ccc(C(=O)O)c(NCC2C(C)(C)C2(C)C)c1. The Balaban J connectivity index is 2.15. The number of benzene rings is 1. The molecule has 0 saturated heterocycles. The zero-order valence-electron chi connectivity index (χ0n) is 12.8. The fourth-order valence-electron chi connectivity index (χ4n) is 3.04. The molecule has 4 heteroatoms. The fourth-order valence-corrected chi connectivity index (χ4v) is 3.04. The Hall–Kier alpha value is -1.71. The van der Waals surface area contributed by atoms with Crippen LogP contribution in [-0.4, -0.2) is 24.7 Å². The molecule has 0 spiro atoms. The van der Waals surface area contributed by atoms with Gasteiger partial charge in [0.05, 0.1) is 18.4 Å². The van der Waals surface area contributed by atoms with Gasteiger partial charge < -0.3 is 15.2 Å². The van der Waals surface area contributed by atoms with Gasteiger partial charge in [-0.05, 0) is 28.9 Å². The maximum Gasteiger partial charge on any atom is 0.337 e. The van der Waals surface area contributed by atoms with Gasteiger partial charge in [0.2, 0.25) is 0 Å². The van der Waals surface area contributed by atoms with E-state index in [2.05, 4.69) is 33.0 Å². The molecule has 1 fully saturated rings. The van der Waals surface area contributed by atoms with Gasteiger partial charge in [-0.15, -0.1) is 0 Å². The number of ether oxygens (including phenoxy) is 1. The molecule has 2 rings (SSSR count). The molecule has 0 aromatic heterocycles. The van der Waals surface area contributed by atoms with Crippen LogP contribution < -0.4 is 10.1 Å². The van der Waals surface area contributed by atoms with Gasteiger partial charge >= 0.3 is 5.97 Å². The summed E-state index contributed by atoms with van der Waals surface area (Å²) in [7, 11) is 1.58. The third kappa shape index (κ3) is 2.23. The van der Waals surface area contributed by atoms with E-state index in [1.165, 1.54) is 0 Å². The molecule has 1 saturated carbocycles. The lowest BCUT2D eigenvalue weighted by molar-refractivity contribution is 0.0698. The molecular formula is C16H23NO3. The highest BCUT2D eigenvalue weighted by atomic mass is 16.5. The van der Waals surface area contributed by atoms with Crippen LogP contribution in [0.1, 0.15) is 38.1 Å². The van der Waals surface area contributed by atoms with E-state index in [1.54, 1.807) is 25.3 Å². The molecular weight excluding hydrogens is 254 g/mol.